The first-order valence-electron chi connectivity index (χ1n) is 5.93. The molecule has 0 aliphatic carbocycles. The van der Waals surface area contributed by atoms with Gasteiger partial charge in [-0.3, -0.25) is 14.1 Å². The lowest BCUT2D eigenvalue weighted by molar-refractivity contribution is 0.111. The van der Waals surface area contributed by atoms with E-state index < -0.39 is 0 Å². The van der Waals surface area contributed by atoms with Gasteiger partial charge in [-0.25, -0.2) is 4.98 Å². The third-order valence-corrected chi connectivity index (χ3v) is 3.55. The quantitative estimate of drug-likeness (QED) is 0.738. The number of fused-ring (bicyclic) bond motifs is 1. The highest BCUT2D eigenvalue weighted by Gasteiger charge is 2.26. The van der Waals surface area contributed by atoms with Crippen molar-refractivity contribution in [1.29, 1.82) is 0 Å². The van der Waals surface area contributed by atoms with Crippen molar-refractivity contribution in [1.82, 2.24) is 14.3 Å². The summed E-state index contributed by atoms with van der Waals surface area (Å²) in [6, 6.07) is 6.04. The molecule has 0 radical (unpaired) electrons. The molecular weight excluding hydrogens is 214 g/mol. The zero-order valence-electron chi connectivity index (χ0n) is 9.84. The van der Waals surface area contributed by atoms with Gasteiger partial charge in [0.1, 0.15) is 5.82 Å². The number of aromatic nitrogens is 2. The lowest BCUT2D eigenvalue weighted by Crippen LogP contribution is -2.20. The van der Waals surface area contributed by atoms with Crippen LogP contribution in [0.4, 0.5) is 0 Å². The molecule has 0 N–H and O–H groups in total. The van der Waals surface area contributed by atoms with E-state index in [-0.39, 0.29) is 0 Å². The van der Waals surface area contributed by atoms with E-state index in [1.807, 2.05) is 28.8 Å². The Hall–Kier alpha value is -1.68. The number of pyridine rings is 1. The summed E-state index contributed by atoms with van der Waals surface area (Å²) >= 11 is 0. The summed E-state index contributed by atoms with van der Waals surface area (Å²) in [6.45, 7) is 1.10. The van der Waals surface area contributed by atoms with Crippen molar-refractivity contribution in [3.8, 4) is 0 Å². The molecule has 1 aliphatic rings. The summed E-state index contributed by atoms with van der Waals surface area (Å²) in [5.41, 5.74) is 1.67. The van der Waals surface area contributed by atoms with Crippen LogP contribution in [0, 0.1) is 0 Å². The topological polar surface area (TPSA) is 37.6 Å². The van der Waals surface area contributed by atoms with Crippen molar-refractivity contribution in [2.24, 2.45) is 0 Å². The Morgan fingerprint density at radius 2 is 2.35 bits per heavy atom. The molecule has 3 rings (SSSR count). The number of hydrogen-bond acceptors (Lipinski definition) is 3. The minimum absolute atomic E-state index is 0.332. The van der Waals surface area contributed by atoms with E-state index in [1.165, 1.54) is 6.42 Å². The third-order valence-electron chi connectivity index (χ3n) is 3.55. The Morgan fingerprint density at radius 1 is 1.47 bits per heavy atom. The van der Waals surface area contributed by atoms with Crippen LogP contribution in [-0.2, 0) is 0 Å². The maximum Gasteiger partial charge on any atom is 0.166 e. The molecule has 2 aromatic rings. The number of rotatable bonds is 2. The molecular formula is C13H15N3O. The molecule has 0 aromatic carbocycles. The van der Waals surface area contributed by atoms with Crippen LogP contribution in [0.25, 0.3) is 5.52 Å². The first-order chi connectivity index (χ1) is 8.31. The van der Waals surface area contributed by atoms with Crippen LogP contribution in [0.5, 0.6) is 0 Å². The number of nitrogens with zero attached hydrogens (tertiary/aromatic N) is 3. The van der Waals surface area contributed by atoms with Gasteiger partial charge in [-0.05, 0) is 38.6 Å². The lowest BCUT2D eigenvalue weighted by atomic mass is 10.2. The molecule has 0 amide bonds. The van der Waals surface area contributed by atoms with Gasteiger partial charge in [0.2, 0.25) is 0 Å². The van der Waals surface area contributed by atoms with E-state index in [2.05, 4.69) is 16.9 Å². The molecule has 1 fully saturated rings. The van der Waals surface area contributed by atoms with Gasteiger partial charge >= 0.3 is 0 Å². The average molecular weight is 229 g/mol. The fraction of sp³-hybridized carbons (Fsp3) is 0.385. The normalized spacial score (nSPS) is 21.1. The third kappa shape index (κ3) is 1.56. The van der Waals surface area contributed by atoms with Gasteiger partial charge in [0.15, 0.2) is 6.29 Å². The summed E-state index contributed by atoms with van der Waals surface area (Å²) < 4.78 is 1.97. The van der Waals surface area contributed by atoms with Gasteiger partial charge < -0.3 is 0 Å². The van der Waals surface area contributed by atoms with Crippen LogP contribution in [0.3, 0.4) is 0 Å². The number of aldehydes is 1. The number of carbonyl (C=O) groups is 1. The van der Waals surface area contributed by atoms with Crippen LogP contribution in [0.1, 0.15) is 35.2 Å². The highest BCUT2D eigenvalue weighted by atomic mass is 16.1. The summed E-state index contributed by atoms with van der Waals surface area (Å²) in [5, 5.41) is 0. The number of likely N-dealkylation sites (tertiary alicyclic amines) is 1. The van der Waals surface area contributed by atoms with Crippen LogP contribution < -0.4 is 0 Å². The van der Waals surface area contributed by atoms with E-state index in [1.54, 1.807) is 0 Å². The molecule has 4 nitrogen and oxygen atoms in total. The van der Waals surface area contributed by atoms with Crippen LogP contribution in [0.15, 0.2) is 24.4 Å². The van der Waals surface area contributed by atoms with Gasteiger partial charge in [-0.15, -0.1) is 0 Å². The van der Waals surface area contributed by atoms with Crippen molar-refractivity contribution in [3.63, 3.8) is 0 Å². The molecule has 4 heteroatoms. The summed E-state index contributed by atoms with van der Waals surface area (Å²) in [4.78, 5) is 17.9. The fourth-order valence-electron chi connectivity index (χ4n) is 2.66. The van der Waals surface area contributed by atoms with Gasteiger partial charge in [-0.2, -0.15) is 0 Å². The van der Waals surface area contributed by atoms with Crippen molar-refractivity contribution in [3.05, 3.63) is 35.9 Å². The van der Waals surface area contributed by atoms with E-state index >= 15 is 0 Å². The number of carbonyl (C=O) groups excluding carboxylic acids is 1. The van der Waals surface area contributed by atoms with E-state index in [9.17, 15) is 4.79 Å². The Morgan fingerprint density at radius 3 is 3.06 bits per heavy atom. The minimum atomic E-state index is 0.332. The second-order valence-electron chi connectivity index (χ2n) is 4.58. The smallest absolute Gasteiger partial charge is 0.166 e. The monoisotopic (exact) mass is 229 g/mol. The Bertz CT molecular complexity index is 561. The van der Waals surface area contributed by atoms with Crippen molar-refractivity contribution >= 4 is 11.8 Å². The molecule has 0 bridgehead atoms. The molecule has 1 aliphatic heterocycles. The van der Waals surface area contributed by atoms with Crippen LogP contribution >= 0.6 is 0 Å². The van der Waals surface area contributed by atoms with Gasteiger partial charge in [0.05, 0.1) is 23.4 Å². The van der Waals surface area contributed by atoms with Crippen molar-refractivity contribution < 1.29 is 4.79 Å². The van der Waals surface area contributed by atoms with E-state index in [4.69, 9.17) is 0 Å². The molecule has 3 heterocycles. The predicted molar refractivity (Wildman–Crippen MR) is 65.2 cm³/mol. The van der Waals surface area contributed by atoms with Crippen molar-refractivity contribution in [2.45, 2.75) is 18.9 Å². The molecule has 1 unspecified atom stereocenters. The fourth-order valence-corrected chi connectivity index (χ4v) is 2.66. The summed E-state index contributed by atoms with van der Waals surface area (Å²) in [5.74, 6) is 0.989. The largest absolute Gasteiger partial charge is 0.297 e. The predicted octanol–water partition coefficient (Wildman–Crippen LogP) is 1.91. The summed E-state index contributed by atoms with van der Waals surface area (Å²) in [7, 11) is 2.11. The first kappa shape index (κ1) is 10.5. The van der Waals surface area contributed by atoms with E-state index in [0.717, 1.165) is 30.6 Å². The highest BCUT2D eigenvalue weighted by Crippen LogP contribution is 2.30. The van der Waals surface area contributed by atoms with Gasteiger partial charge in [0.25, 0.3) is 0 Å². The van der Waals surface area contributed by atoms with Gasteiger partial charge in [0, 0.05) is 0 Å². The standard InChI is InChI=1S/C13H15N3O/c1-15-7-3-6-12(15)13-14-8-10-4-2-5-11(9-17)16(10)13/h2,4-5,8-9,12H,3,6-7H2,1H3. The second-order valence-corrected chi connectivity index (χ2v) is 4.58. The zero-order chi connectivity index (χ0) is 11.8. The first-order valence-corrected chi connectivity index (χ1v) is 5.93. The Labute approximate surface area is 99.9 Å². The van der Waals surface area contributed by atoms with E-state index in [0.29, 0.717) is 11.7 Å². The Balaban J connectivity index is 2.19. The summed E-state index contributed by atoms with van der Waals surface area (Å²) in [6.07, 6.45) is 5.05. The lowest BCUT2D eigenvalue weighted by Gasteiger charge is -2.18. The average Bonchev–Trinajstić information content (AvgIpc) is 2.94. The zero-order valence-corrected chi connectivity index (χ0v) is 9.84. The molecule has 17 heavy (non-hydrogen) atoms. The molecule has 0 spiro atoms. The molecule has 0 saturated carbocycles. The number of imidazole rings is 1. The van der Waals surface area contributed by atoms with Crippen LogP contribution in [-0.4, -0.2) is 34.2 Å². The van der Waals surface area contributed by atoms with Crippen molar-refractivity contribution in [2.75, 3.05) is 13.6 Å². The number of hydrogen-bond donors (Lipinski definition) is 0. The molecule has 2 aromatic heterocycles. The molecule has 1 saturated heterocycles. The highest BCUT2D eigenvalue weighted by molar-refractivity contribution is 5.74. The maximum atomic E-state index is 11.1. The minimum Gasteiger partial charge on any atom is -0.297 e. The SMILES string of the molecule is CN1CCCC1c1ncc2cccc(C=O)n12. The van der Waals surface area contributed by atoms with Gasteiger partial charge in [-0.1, -0.05) is 6.07 Å². The Kier molecular flexibility index (Phi) is 2.44. The molecule has 88 valence electrons. The van der Waals surface area contributed by atoms with Crippen LogP contribution in [0.2, 0.25) is 0 Å². The maximum absolute atomic E-state index is 11.1. The second kappa shape index (κ2) is 3.96. The molecule has 1 atom stereocenters.